The number of nitrogens with two attached hydrogens (primary N) is 1. The molecule has 2 heterocycles. The summed E-state index contributed by atoms with van der Waals surface area (Å²) in [6.07, 6.45) is 1.47. The van der Waals surface area contributed by atoms with E-state index in [2.05, 4.69) is 19.9 Å². The molecule has 0 aromatic carbocycles. The quantitative estimate of drug-likeness (QED) is 0.596. The minimum Gasteiger partial charge on any atom is -0.382 e. The molecule has 0 radical (unpaired) electrons. The fraction of sp³-hybridized carbons (Fsp3) is 0.444. The maximum absolute atomic E-state index is 12.1. The Bertz CT molecular complexity index is 729. The number of unbranched alkanes of at least 4 members (excludes halogenated alkanes) is 1. The third kappa shape index (κ3) is 2.21. The van der Waals surface area contributed by atoms with Crippen LogP contribution in [-0.4, -0.2) is 29.9 Å². The first-order valence-corrected chi connectivity index (χ1v) is 7.19. The molecule has 18 heavy (non-hydrogen) atoms. The van der Waals surface area contributed by atoms with E-state index >= 15 is 0 Å². The molecule has 8 nitrogen and oxygen atoms in total. The molecule has 1 unspecified atom stereocenters. The molecule has 5 N–H and O–H groups in total. The van der Waals surface area contributed by atoms with Gasteiger partial charge in [0.1, 0.15) is 15.2 Å². The zero-order valence-electron chi connectivity index (χ0n) is 9.82. The van der Waals surface area contributed by atoms with Gasteiger partial charge >= 0.3 is 5.69 Å². The van der Waals surface area contributed by atoms with E-state index in [4.69, 9.17) is 10.5 Å². The predicted molar refractivity (Wildman–Crippen MR) is 67.8 cm³/mol. The van der Waals surface area contributed by atoms with Gasteiger partial charge in [-0.3, -0.25) is 4.98 Å². The number of H-pyrrole nitrogens is 2. The van der Waals surface area contributed by atoms with Crippen LogP contribution in [-0.2, 0) is 9.73 Å². The van der Waals surface area contributed by atoms with E-state index in [1.807, 2.05) is 6.92 Å². The summed E-state index contributed by atoms with van der Waals surface area (Å²) in [5.41, 5.74) is 5.63. The first kappa shape index (κ1) is 12.6. The number of aromatic nitrogens is 4. The van der Waals surface area contributed by atoms with Crippen molar-refractivity contribution in [2.24, 2.45) is 0 Å². The van der Waals surface area contributed by atoms with Crippen molar-refractivity contribution in [3.05, 3.63) is 10.5 Å². The molecule has 0 spiro atoms. The summed E-state index contributed by atoms with van der Waals surface area (Å²) in [5.74, 6) is 0.202. The first-order chi connectivity index (χ1) is 8.44. The highest BCUT2D eigenvalue weighted by Crippen LogP contribution is 2.16. The van der Waals surface area contributed by atoms with Gasteiger partial charge in [-0.2, -0.15) is 4.98 Å². The fourth-order valence-electron chi connectivity index (χ4n) is 1.51. The number of imidazole rings is 1. The molecule has 2 aromatic heterocycles. The Kier molecular flexibility index (Phi) is 3.07. The number of nitrogens with one attached hydrogen (secondary N) is 3. The molecular formula is C9H14N6O2S. The van der Waals surface area contributed by atoms with Gasteiger partial charge in [0.2, 0.25) is 5.16 Å². The molecule has 98 valence electrons. The molecule has 0 saturated carbocycles. The molecular weight excluding hydrogens is 256 g/mol. The summed E-state index contributed by atoms with van der Waals surface area (Å²) in [7, 11) is -3.07. The topological polar surface area (TPSA) is 141 Å². The van der Waals surface area contributed by atoms with Crippen LogP contribution in [0.25, 0.3) is 11.2 Å². The lowest BCUT2D eigenvalue weighted by molar-refractivity contribution is 0.663. The average Bonchev–Trinajstić information content (AvgIpc) is 2.67. The standard InChI is InChI=1S/C9H14N6O2S/c1-2-3-4-18(11,17)9-13-6(10)5-7(15-9)14-8(16)12-5/h11H,2-4H2,1H3,(H4,10,12,13,14,15,16). The van der Waals surface area contributed by atoms with Crippen LogP contribution in [0, 0.1) is 4.78 Å². The van der Waals surface area contributed by atoms with Crippen molar-refractivity contribution in [2.75, 3.05) is 11.5 Å². The van der Waals surface area contributed by atoms with Crippen molar-refractivity contribution in [3.63, 3.8) is 0 Å². The molecule has 0 saturated heterocycles. The van der Waals surface area contributed by atoms with Gasteiger partial charge in [-0.15, -0.1) is 0 Å². The van der Waals surface area contributed by atoms with Gasteiger partial charge < -0.3 is 10.7 Å². The normalized spacial score (nSPS) is 14.7. The lowest BCUT2D eigenvalue weighted by Crippen LogP contribution is -2.11. The Hall–Kier alpha value is -1.90. The molecule has 1 atom stereocenters. The Morgan fingerprint density at radius 2 is 2.11 bits per heavy atom. The molecule has 0 aliphatic heterocycles. The molecule has 2 aromatic rings. The van der Waals surface area contributed by atoms with Gasteiger partial charge in [-0.1, -0.05) is 13.3 Å². The number of aromatic amines is 2. The van der Waals surface area contributed by atoms with Crippen LogP contribution in [0.2, 0.25) is 0 Å². The molecule has 0 aliphatic rings. The number of nitrogens with zero attached hydrogens (tertiary/aromatic N) is 2. The second-order valence-corrected chi connectivity index (χ2v) is 6.05. The number of rotatable bonds is 4. The predicted octanol–water partition coefficient (Wildman–Crippen LogP) is 0.434. The number of hydrogen-bond acceptors (Lipinski definition) is 6. The van der Waals surface area contributed by atoms with Crippen LogP contribution in [0.5, 0.6) is 0 Å². The lowest BCUT2D eigenvalue weighted by Gasteiger charge is -2.05. The number of fused-ring (bicyclic) bond motifs is 1. The van der Waals surface area contributed by atoms with Gasteiger partial charge in [0.25, 0.3) is 0 Å². The van der Waals surface area contributed by atoms with Gasteiger partial charge in [-0.05, 0) is 6.42 Å². The zero-order chi connectivity index (χ0) is 13.3. The van der Waals surface area contributed by atoms with Gasteiger partial charge in [0.15, 0.2) is 11.5 Å². The highest BCUT2D eigenvalue weighted by atomic mass is 32.2. The minimum absolute atomic E-state index is 0.0184. The highest BCUT2D eigenvalue weighted by Gasteiger charge is 2.17. The number of nitrogen functional groups attached to an aromatic ring is 1. The van der Waals surface area contributed by atoms with Crippen molar-refractivity contribution in [3.8, 4) is 0 Å². The Balaban J connectivity index is 2.55. The SMILES string of the molecule is CCCCS(=N)(=O)c1nc(N)c2[nH]c(=O)[nH]c2n1. The zero-order valence-corrected chi connectivity index (χ0v) is 10.6. The third-order valence-corrected chi connectivity index (χ3v) is 4.10. The van der Waals surface area contributed by atoms with E-state index in [9.17, 15) is 9.00 Å². The molecule has 2 rings (SSSR count). The van der Waals surface area contributed by atoms with Crippen LogP contribution in [0.15, 0.2) is 9.95 Å². The van der Waals surface area contributed by atoms with Crippen molar-refractivity contribution in [1.29, 1.82) is 4.78 Å². The van der Waals surface area contributed by atoms with Crippen molar-refractivity contribution in [2.45, 2.75) is 24.9 Å². The maximum Gasteiger partial charge on any atom is 0.325 e. The molecule has 9 heteroatoms. The van der Waals surface area contributed by atoms with Crippen LogP contribution >= 0.6 is 0 Å². The fourth-order valence-corrected chi connectivity index (χ4v) is 2.87. The largest absolute Gasteiger partial charge is 0.382 e. The Morgan fingerprint density at radius 3 is 2.78 bits per heavy atom. The third-order valence-electron chi connectivity index (χ3n) is 2.47. The highest BCUT2D eigenvalue weighted by molar-refractivity contribution is 7.92. The molecule has 0 amide bonds. The molecule has 0 bridgehead atoms. The molecule has 0 aliphatic carbocycles. The van der Waals surface area contributed by atoms with E-state index in [-0.39, 0.29) is 27.9 Å². The van der Waals surface area contributed by atoms with E-state index < -0.39 is 15.4 Å². The van der Waals surface area contributed by atoms with Crippen molar-refractivity contribution in [1.82, 2.24) is 19.9 Å². The summed E-state index contributed by atoms with van der Waals surface area (Å²) in [6, 6.07) is 0. The Morgan fingerprint density at radius 1 is 1.39 bits per heavy atom. The summed E-state index contributed by atoms with van der Waals surface area (Å²) in [5, 5.41) is -0.129. The monoisotopic (exact) mass is 270 g/mol. The van der Waals surface area contributed by atoms with Crippen molar-refractivity contribution < 1.29 is 4.21 Å². The van der Waals surface area contributed by atoms with Gasteiger partial charge in [0, 0.05) is 5.75 Å². The van der Waals surface area contributed by atoms with E-state index in [1.165, 1.54) is 0 Å². The second-order valence-electron chi connectivity index (χ2n) is 3.93. The average molecular weight is 270 g/mol. The first-order valence-electron chi connectivity index (χ1n) is 5.46. The van der Waals surface area contributed by atoms with E-state index in [0.29, 0.717) is 6.42 Å². The van der Waals surface area contributed by atoms with Crippen LogP contribution in [0.1, 0.15) is 19.8 Å². The number of anilines is 1. The summed E-state index contributed by atoms with van der Waals surface area (Å²) in [4.78, 5) is 23.8. The summed E-state index contributed by atoms with van der Waals surface area (Å²) in [6.45, 7) is 1.94. The van der Waals surface area contributed by atoms with Gasteiger partial charge in [0.05, 0.1) is 0 Å². The summed E-state index contributed by atoms with van der Waals surface area (Å²) >= 11 is 0. The Labute approximate surface area is 103 Å². The minimum atomic E-state index is -3.07. The smallest absolute Gasteiger partial charge is 0.325 e. The van der Waals surface area contributed by atoms with Gasteiger partial charge in [-0.25, -0.2) is 18.8 Å². The lowest BCUT2D eigenvalue weighted by atomic mass is 10.4. The maximum atomic E-state index is 12.1. The van der Waals surface area contributed by atoms with Crippen LogP contribution in [0.4, 0.5) is 5.82 Å². The second kappa shape index (κ2) is 4.41. The molecule has 0 fully saturated rings. The van der Waals surface area contributed by atoms with Crippen LogP contribution < -0.4 is 11.4 Å². The van der Waals surface area contributed by atoms with E-state index in [0.717, 1.165) is 6.42 Å². The van der Waals surface area contributed by atoms with Crippen molar-refractivity contribution >= 4 is 26.7 Å². The summed E-state index contributed by atoms with van der Waals surface area (Å²) < 4.78 is 19.9. The number of hydrogen-bond donors (Lipinski definition) is 4. The van der Waals surface area contributed by atoms with E-state index in [1.54, 1.807) is 0 Å². The van der Waals surface area contributed by atoms with Crippen LogP contribution in [0.3, 0.4) is 0 Å².